The number of ether oxygens (including phenoxy) is 4. The van der Waals surface area contributed by atoms with Crippen LogP contribution in [0.2, 0.25) is 0 Å². The fourth-order valence-electron chi connectivity index (χ4n) is 7.85. The molecule has 3 amide bonds. The van der Waals surface area contributed by atoms with Gasteiger partial charge in [-0.2, -0.15) is 0 Å². The van der Waals surface area contributed by atoms with Crippen LogP contribution in [0, 0.1) is 0 Å². The molecule has 2 unspecified atom stereocenters. The number of hydrogen-bond acceptors (Lipinski definition) is 8. The molecular formula is C39H48N4O8. The minimum atomic E-state index is -1.07. The van der Waals surface area contributed by atoms with Crippen molar-refractivity contribution in [3.8, 4) is 17.2 Å². The van der Waals surface area contributed by atoms with Crippen molar-refractivity contribution in [2.24, 2.45) is 0 Å². The summed E-state index contributed by atoms with van der Waals surface area (Å²) in [6.45, 7) is 4.13. The number of piperidine rings is 1. The van der Waals surface area contributed by atoms with Crippen molar-refractivity contribution in [1.29, 1.82) is 0 Å². The molecule has 0 saturated carbocycles. The average Bonchev–Trinajstić information content (AvgIpc) is 3.63. The molecule has 3 fully saturated rings. The van der Waals surface area contributed by atoms with Crippen molar-refractivity contribution >= 4 is 17.9 Å². The lowest BCUT2D eigenvalue weighted by molar-refractivity contribution is -0.154. The first-order chi connectivity index (χ1) is 24.7. The van der Waals surface area contributed by atoms with Gasteiger partial charge in [0.15, 0.2) is 17.6 Å². The smallest absolute Gasteiger partial charge is 0.334 e. The first-order valence-corrected chi connectivity index (χ1v) is 17.5. The van der Waals surface area contributed by atoms with Gasteiger partial charge >= 0.3 is 12.0 Å². The topological polar surface area (TPSA) is 130 Å². The number of urea groups is 1. The van der Waals surface area contributed by atoms with Crippen LogP contribution in [0.25, 0.3) is 0 Å². The highest BCUT2D eigenvalue weighted by atomic mass is 16.5. The molecule has 3 aliphatic rings. The van der Waals surface area contributed by atoms with Gasteiger partial charge in [0, 0.05) is 43.7 Å². The first kappa shape index (κ1) is 36.0. The molecule has 3 saturated heterocycles. The number of carbonyl (C=O) groups excluding carboxylic acids is 2. The number of carboxylic acids is 1. The molecule has 3 heterocycles. The Hall–Kier alpha value is -4.81. The normalized spacial score (nSPS) is 21.9. The van der Waals surface area contributed by atoms with Crippen molar-refractivity contribution in [2.45, 2.75) is 42.7 Å². The van der Waals surface area contributed by atoms with Gasteiger partial charge in [-0.15, -0.1) is 0 Å². The molecule has 0 aliphatic carbocycles. The number of likely N-dealkylation sites (tertiary alicyclic amines) is 2. The van der Waals surface area contributed by atoms with E-state index in [0.29, 0.717) is 55.3 Å². The van der Waals surface area contributed by atoms with Gasteiger partial charge in [-0.25, -0.2) is 9.59 Å². The highest BCUT2D eigenvalue weighted by molar-refractivity contribution is 5.96. The largest absolute Gasteiger partial charge is 0.493 e. The standard InChI is InChI=1S/C39H48N4O8/c1-48-31-24-28(25-32(49-2)34(31)50-3)35(44)43-21-15-38(27-43,29-10-6-4-7-11-29)14-18-41-19-16-39(17-20-41,30-12-8-5-9-13-30)40-37(47)42-22-23-51-33(26-42)36(45)46/h4-13,24-25,33H,14-23,26-27H2,1-3H3,(H,40,47)(H,45,46). The van der Waals surface area contributed by atoms with Crippen LogP contribution in [0.4, 0.5) is 4.79 Å². The number of aliphatic carboxylic acids is 1. The molecule has 3 aliphatic heterocycles. The number of carboxylic acid groups (broad SMARTS) is 1. The molecule has 0 radical (unpaired) electrons. The van der Waals surface area contributed by atoms with Gasteiger partial charge in [-0.3, -0.25) is 4.79 Å². The second-order valence-electron chi connectivity index (χ2n) is 13.7. The molecule has 6 rings (SSSR count). The lowest BCUT2D eigenvalue weighted by atomic mass is 9.76. The molecule has 3 aromatic rings. The Morgan fingerprint density at radius 3 is 2.04 bits per heavy atom. The number of carbonyl (C=O) groups is 3. The summed E-state index contributed by atoms with van der Waals surface area (Å²) in [6, 6.07) is 23.7. The van der Waals surface area contributed by atoms with Crippen LogP contribution in [-0.2, 0) is 20.5 Å². The monoisotopic (exact) mass is 700 g/mol. The number of hydrogen-bond donors (Lipinski definition) is 2. The number of amides is 3. The van der Waals surface area contributed by atoms with E-state index < -0.39 is 17.6 Å². The van der Waals surface area contributed by atoms with E-state index in [-0.39, 0.29) is 30.5 Å². The van der Waals surface area contributed by atoms with E-state index in [1.54, 1.807) is 38.4 Å². The van der Waals surface area contributed by atoms with E-state index in [0.717, 1.165) is 38.0 Å². The van der Waals surface area contributed by atoms with E-state index in [2.05, 4.69) is 46.6 Å². The van der Waals surface area contributed by atoms with E-state index in [4.69, 9.17) is 18.9 Å². The third kappa shape index (κ3) is 7.62. The first-order valence-electron chi connectivity index (χ1n) is 17.5. The van der Waals surface area contributed by atoms with Crippen LogP contribution in [0.1, 0.15) is 47.2 Å². The van der Waals surface area contributed by atoms with E-state index in [9.17, 15) is 19.5 Å². The Morgan fingerprint density at radius 2 is 1.45 bits per heavy atom. The minimum Gasteiger partial charge on any atom is -0.493 e. The predicted molar refractivity (Wildman–Crippen MR) is 191 cm³/mol. The molecule has 3 aromatic carbocycles. The Kier molecular flexibility index (Phi) is 11.0. The number of methoxy groups -OCH3 is 3. The Bertz CT molecular complexity index is 1660. The van der Waals surface area contributed by atoms with Crippen LogP contribution in [0.3, 0.4) is 0 Å². The van der Waals surface area contributed by atoms with Crippen LogP contribution in [-0.4, -0.2) is 118 Å². The minimum absolute atomic E-state index is 0.0127. The third-order valence-corrected chi connectivity index (χ3v) is 10.9. The number of morpholine rings is 1. The zero-order valence-electron chi connectivity index (χ0n) is 29.6. The molecule has 12 heteroatoms. The summed E-state index contributed by atoms with van der Waals surface area (Å²) >= 11 is 0. The maximum Gasteiger partial charge on any atom is 0.334 e. The SMILES string of the molecule is COc1cc(C(=O)N2CCC(CCN3CCC(NC(=O)N4CCOC(C(=O)O)C4)(c4ccccc4)CC3)(c3ccccc3)C2)cc(OC)c1OC. The summed E-state index contributed by atoms with van der Waals surface area (Å²) in [5.74, 6) is 0.181. The Labute approximate surface area is 299 Å². The van der Waals surface area contributed by atoms with Crippen molar-refractivity contribution < 1.29 is 38.4 Å². The molecule has 2 atom stereocenters. The summed E-state index contributed by atoms with van der Waals surface area (Å²) in [6.07, 6.45) is 2.09. The lowest BCUT2D eigenvalue weighted by Gasteiger charge is -2.45. The fourth-order valence-corrected chi connectivity index (χ4v) is 7.85. The fraction of sp³-hybridized carbons (Fsp3) is 0.462. The van der Waals surface area contributed by atoms with Gasteiger partial charge in [0.1, 0.15) is 0 Å². The number of nitrogens with one attached hydrogen (secondary N) is 1. The van der Waals surface area contributed by atoms with Crippen molar-refractivity contribution in [3.63, 3.8) is 0 Å². The van der Waals surface area contributed by atoms with Gasteiger partial charge in [0.2, 0.25) is 5.75 Å². The number of nitrogens with zero attached hydrogens (tertiary/aromatic N) is 3. The van der Waals surface area contributed by atoms with Crippen molar-refractivity contribution in [3.05, 3.63) is 89.5 Å². The summed E-state index contributed by atoms with van der Waals surface area (Å²) < 4.78 is 21.9. The van der Waals surface area contributed by atoms with Crippen LogP contribution >= 0.6 is 0 Å². The summed E-state index contributed by atoms with van der Waals surface area (Å²) in [4.78, 5) is 45.0. The molecular weight excluding hydrogens is 652 g/mol. The highest BCUT2D eigenvalue weighted by Crippen LogP contribution is 2.42. The molecule has 0 spiro atoms. The third-order valence-electron chi connectivity index (χ3n) is 10.9. The zero-order valence-corrected chi connectivity index (χ0v) is 29.6. The second-order valence-corrected chi connectivity index (χ2v) is 13.7. The Morgan fingerprint density at radius 1 is 0.824 bits per heavy atom. The van der Waals surface area contributed by atoms with E-state index >= 15 is 0 Å². The highest BCUT2D eigenvalue weighted by Gasteiger charge is 2.44. The molecule has 272 valence electrons. The van der Waals surface area contributed by atoms with Gasteiger partial charge in [0.25, 0.3) is 5.91 Å². The number of rotatable bonds is 11. The zero-order chi connectivity index (χ0) is 36.0. The molecule has 0 aromatic heterocycles. The van der Waals surface area contributed by atoms with Crippen LogP contribution in [0.15, 0.2) is 72.8 Å². The second kappa shape index (κ2) is 15.6. The van der Waals surface area contributed by atoms with Gasteiger partial charge in [0.05, 0.1) is 40.0 Å². The Balaban J connectivity index is 1.16. The molecule has 2 N–H and O–H groups in total. The van der Waals surface area contributed by atoms with Crippen LogP contribution < -0.4 is 19.5 Å². The van der Waals surface area contributed by atoms with Gasteiger partial charge in [-0.1, -0.05) is 60.7 Å². The van der Waals surface area contributed by atoms with Gasteiger partial charge in [-0.05, 0) is 55.5 Å². The van der Waals surface area contributed by atoms with E-state index in [1.807, 2.05) is 29.2 Å². The van der Waals surface area contributed by atoms with E-state index in [1.165, 1.54) is 5.56 Å². The maximum atomic E-state index is 14.0. The lowest BCUT2D eigenvalue weighted by Crippen LogP contribution is -2.59. The predicted octanol–water partition coefficient (Wildman–Crippen LogP) is 4.37. The molecule has 0 bridgehead atoms. The van der Waals surface area contributed by atoms with Crippen LogP contribution in [0.5, 0.6) is 17.2 Å². The summed E-state index contributed by atoms with van der Waals surface area (Å²) in [5.41, 5.74) is 1.94. The summed E-state index contributed by atoms with van der Waals surface area (Å²) in [7, 11) is 4.63. The summed E-state index contributed by atoms with van der Waals surface area (Å²) in [5, 5.41) is 12.8. The molecule has 51 heavy (non-hydrogen) atoms. The quantitative estimate of drug-likeness (QED) is 0.300. The van der Waals surface area contributed by atoms with Gasteiger partial charge < -0.3 is 44.1 Å². The maximum absolute atomic E-state index is 14.0. The average molecular weight is 701 g/mol. The molecule has 12 nitrogen and oxygen atoms in total. The number of benzene rings is 3. The van der Waals surface area contributed by atoms with Crippen molar-refractivity contribution in [1.82, 2.24) is 20.0 Å². The van der Waals surface area contributed by atoms with Crippen molar-refractivity contribution in [2.75, 3.05) is 73.7 Å².